The van der Waals surface area contributed by atoms with Gasteiger partial charge in [-0.3, -0.25) is 14.4 Å². The SMILES string of the molecule is CC(=O)OCC(=O)[C@@]1(O)CC[C@H]2[C@@H]3CCC4=CC(=O)C=C[C@]4(C)[C@@]3(Cl)[C@@H](O)C[C@@]21C. The van der Waals surface area contributed by atoms with Crippen molar-refractivity contribution in [2.24, 2.45) is 22.7 Å². The molecule has 0 amide bonds. The van der Waals surface area contributed by atoms with E-state index in [4.69, 9.17) is 16.3 Å². The molecule has 0 heterocycles. The number of Topliss-reactive ketones (excluding diaryl/α,β-unsaturated/α-hetero) is 1. The smallest absolute Gasteiger partial charge is 0.303 e. The summed E-state index contributed by atoms with van der Waals surface area (Å²) in [7, 11) is 0. The van der Waals surface area contributed by atoms with Gasteiger partial charge in [0.05, 0.1) is 11.0 Å². The van der Waals surface area contributed by atoms with E-state index in [1.165, 1.54) is 13.0 Å². The van der Waals surface area contributed by atoms with E-state index in [2.05, 4.69) is 0 Å². The minimum Gasteiger partial charge on any atom is -0.458 e. The average molecular weight is 437 g/mol. The third kappa shape index (κ3) is 2.59. The monoisotopic (exact) mass is 436 g/mol. The second-order valence-corrected chi connectivity index (χ2v) is 10.5. The molecular formula is C23H29ClO6. The molecule has 3 saturated carbocycles. The predicted molar refractivity (Wildman–Crippen MR) is 110 cm³/mol. The van der Waals surface area contributed by atoms with Crippen molar-refractivity contribution in [3.63, 3.8) is 0 Å². The summed E-state index contributed by atoms with van der Waals surface area (Å²) in [6.07, 6.45) is 6.36. The number of alkyl halides is 1. The highest BCUT2D eigenvalue weighted by molar-refractivity contribution is 6.26. The molecule has 0 unspecified atom stereocenters. The number of rotatable bonds is 3. The largest absolute Gasteiger partial charge is 0.458 e. The van der Waals surface area contributed by atoms with Gasteiger partial charge in [-0.05, 0) is 56.1 Å². The Morgan fingerprint density at radius 2 is 1.97 bits per heavy atom. The number of fused-ring (bicyclic) bond motifs is 5. The van der Waals surface area contributed by atoms with Crippen molar-refractivity contribution in [3.05, 3.63) is 23.8 Å². The molecule has 7 heteroatoms. The van der Waals surface area contributed by atoms with Crippen LogP contribution in [0.1, 0.15) is 52.9 Å². The number of aliphatic hydroxyl groups is 2. The second kappa shape index (κ2) is 6.75. The lowest BCUT2D eigenvalue weighted by Crippen LogP contribution is -2.68. The number of hydrogen-bond donors (Lipinski definition) is 2. The van der Waals surface area contributed by atoms with E-state index in [0.29, 0.717) is 19.3 Å². The minimum atomic E-state index is -1.68. The second-order valence-electron chi connectivity index (χ2n) is 9.87. The normalized spacial score (nSPS) is 47.1. The molecule has 3 fully saturated rings. The van der Waals surface area contributed by atoms with E-state index in [9.17, 15) is 24.6 Å². The first-order chi connectivity index (χ1) is 13.9. The number of halogens is 1. The number of carbonyl (C=O) groups is 3. The lowest BCUT2D eigenvalue weighted by Gasteiger charge is -2.63. The van der Waals surface area contributed by atoms with Crippen LogP contribution in [0.25, 0.3) is 0 Å². The number of carbonyl (C=O) groups excluding carboxylic acids is 3. The fourth-order valence-corrected chi connectivity index (χ4v) is 7.48. The number of ketones is 2. The Morgan fingerprint density at radius 1 is 1.27 bits per heavy atom. The van der Waals surface area contributed by atoms with Crippen LogP contribution in [0.4, 0.5) is 0 Å². The number of hydrogen-bond acceptors (Lipinski definition) is 6. The van der Waals surface area contributed by atoms with Gasteiger partial charge in [-0.25, -0.2) is 0 Å². The molecule has 0 saturated heterocycles. The fourth-order valence-electron chi connectivity index (χ4n) is 6.96. The van der Waals surface area contributed by atoms with Crippen LogP contribution in [-0.2, 0) is 19.1 Å². The van der Waals surface area contributed by atoms with Crippen LogP contribution in [0, 0.1) is 22.7 Å². The number of ether oxygens (including phenoxy) is 1. The van der Waals surface area contributed by atoms with Crippen LogP contribution in [0.2, 0.25) is 0 Å². The van der Waals surface area contributed by atoms with Crippen LogP contribution in [0.3, 0.4) is 0 Å². The maximum atomic E-state index is 12.9. The first kappa shape index (κ1) is 21.7. The van der Waals surface area contributed by atoms with Crippen LogP contribution in [0.5, 0.6) is 0 Å². The highest BCUT2D eigenvalue weighted by Gasteiger charge is 2.73. The van der Waals surface area contributed by atoms with E-state index < -0.39 is 45.8 Å². The molecule has 0 bridgehead atoms. The van der Waals surface area contributed by atoms with Gasteiger partial charge in [0.1, 0.15) is 5.60 Å². The molecule has 4 aliphatic carbocycles. The molecule has 2 N–H and O–H groups in total. The van der Waals surface area contributed by atoms with E-state index in [-0.39, 0.29) is 30.5 Å². The van der Waals surface area contributed by atoms with E-state index in [1.54, 1.807) is 6.08 Å². The van der Waals surface area contributed by atoms with Gasteiger partial charge < -0.3 is 14.9 Å². The summed E-state index contributed by atoms with van der Waals surface area (Å²) in [5.74, 6) is -1.38. The zero-order valence-electron chi connectivity index (χ0n) is 17.6. The van der Waals surface area contributed by atoms with Crippen LogP contribution >= 0.6 is 11.6 Å². The van der Waals surface area contributed by atoms with Gasteiger partial charge >= 0.3 is 5.97 Å². The van der Waals surface area contributed by atoms with Crippen molar-refractivity contribution < 1.29 is 29.3 Å². The first-order valence-corrected chi connectivity index (χ1v) is 11.0. The van der Waals surface area contributed by atoms with Crippen LogP contribution < -0.4 is 0 Å². The summed E-state index contributed by atoms with van der Waals surface area (Å²) >= 11 is 7.30. The van der Waals surface area contributed by atoms with Crippen LogP contribution in [0.15, 0.2) is 23.8 Å². The Kier molecular flexibility index (Phi) is 4.89. The van der Waals surface area contributed by atoms with Crippen molar-refractivity contribution in [1.29, 1.82) is 0 Å². The molecular weight excluding hydrogens is 408 g/mol. The van der Waals surface area contributed by atoms with Gasteiger partial charge in [-0.1, -0.05) is 25.5 Å². The topological polar surface area (TPSA) is 101 Å². The van der Waals surface area contributed by atoms with Crippen molar-refractivity contribution in [1.82, 2.24) is 0 Å². The van der Waals surface area contributed by atoms with E-state index >= 15 is 0 Å². The number of esters is 1. The van der Waals surface area contributed by atoms with Gasteiger partial charge in [0, 0.05) is 17.8 Å². The third-order valence-electron chi connectivity index (χ3n) is 8.66. The standard InChI is InChI=1S/C23H29ClO6/c1-13(25)30-12-19(28)22(29)9-7-16-17-5-4-14-10-15(26)6-8-20(14,2)23(17,24)18(27)11-21(16,22)3/h6,8,10,16-18,27,29H,4-5,7,9,11-12H2,1-3H3/t16-,17-,18-,20-,21-,22-,23-/m0/s1. The van der Waals surface area contributed by atoms with Gasteiger partial charge in [-0.15, -0.1) is 11.6 Å². The summed E-state index contributed by atoms with van der Waals surface area (Å²) in [6.45, 7) is 4.57. The number of allylic oxidation sites excluding steroid dienone is 4. The fraction of sp³-hybridized carbons (Fsp3) is 0.696. The van der Waals surface area contributed by atoms with Gasteiger partial charge in [0.2, 0.25) is 5.78 Å². The van der Waals surface area contributed by atoms with Crippen molar-refractivity contribution in [2.75, 3.05) is 6.61 Å². The summed E-state index contributed by atoms with van der Waals surface area (Å²) in [5.41, 5.74) is -2.29. The Hall–Kier alpha value is -1.50. The molecule has 0 radical (unpaired) electrons. The zero-order chi connectivity index (χ0) is 22.1. The third-order valence-corrected chi connectivity index (χ3v) is 9.59. The van der Waals surface area contributed by atoms with Gasteiger partial charge in [0.25, 0.3) is 0 Å². The number of aliphatic hydroxyl groups excluding tert-OH is 1. The highest BCUT2D eigenvalue weighted by atomic mass is 35.5. The Labute approximate surface area is 181 Å². The van der Waals surface area contributed by atoms with Crippen LogP contribution in [-0.4, -0.2) is 50.9 Å². The molecule has 6 nitrogen and oxygen atoms in total. The van der Waals surface area contributed by atoms with Crippen molar-refractivity contribution in [3.8, 4) is 0 Å². The Bertz CT molecular complexity index is 879. The molecule has 4 rings (SSSR count). The molecule has 30 heavy (non-hydrogen) atoms. The van der Waals surface area contributed by atoms with Crippen molar-refractivity contribution in [2.45, 2.75) is 69.5 Å². The zero-order valence-corrected chi connectivity index (χ0v) is 18.4. The molecule has 0 aromatic carbocycles. The lowest BCUT2D eigenvalue weighted by molar-refractivity contribution is -0.177. The molecule has 0 aliphatic heterocycles. The lowest BCUT2D eigenvalue weighted by atomic mass is 9.45. The Balaban J connectivity index is 1.72. The Morgan fingerprint density at radius 3 is 2.63 bits per heavy atom. The highest BCUT2D eigenvalue weighted by Crippen LogP contribution is 2.70. The molecule has 0 aromatic heterocycles. The summed E-state index contributed by atoms with van der Waals surface area (Å²) in [6, 6.07) is 0. The molecule has 4 aliphatic rings. The molecule has 0 spiro atoms. The van der Waals surface area contributed by atoms with Gasteiger partial charge in [0.15, 0.2) is 12.4 Å². The molecule has 7 atom stereocenters. The average Bonchev–Trinajstić information content (AvgIpc) is 2.94. The molecule has 164 valence electrons. The predicted octanol–water partition coefficient (Wildman–Crippen LogP) is 2.49. The quantitative estimate of drug-likeness (QED) is 0.520. The summed E-state index contributed by atoms with van der Waals surface area (Å²) < 4.78 is 4.87. The summed E-state index contributed by atoms with van der Waals surface area (Å²) in [5, 5.41) is 22.9. The van der Waals surface area contributed by atoms with Gasteiger partial charge in [-0.2, -0.15) is 0 Å². The van der Waals surface area contributed by atoms with Crippen molar-refractivity contribution >= 4 is 29.1 Å². The minimum absolute atomic E-state index is 0.0670. The first-order valence-electron chi connectivity index (χ1n) is 10.6. The van der Waals surface area contributed by atoms with E-state index in [0.717, 1.165) is 5.57 Å². The summed E-state index contributed by atoms with van der Waals surface area (Å²) in [4.78, 5) is 35.0. The maximum absolute atomic E-state index is 12.9. The van der Waals surface area contributed by atoms with E-state index in [1.807, 2.05) is 19.9 Å². The maximum Gasteiger partial charge on any atom is 0.303 e. The molecule has 0 aromatic rings.